The molecular formula is C51H42N2O. The number of rotatable bonds is 4. The molecule has 262 valence electrons. The van der Waals surface area contributed by atoms with Gasteiger partial charge in [0, 0.05) is 34.1 Å². The minimum atomic E-state index is 0.194. The molecule has 6 atom stereocenters. The summed E-state index contributed by atoms with van der Waals surface area (Å²) in [7, 11) is 0. The molecule has 1 aromatic heterocycles. The summed E-state index contributed by atoms with van der Waals surface area (Å²) in [5.74, 6) is 3.58. The Kier molecular flexibility index (Phi) is 6.85. The molecular weight excluding hydrogens is 657 g/mol. The molecule has 0 radical (unpaired) electrons. The van der Waals surface area contributed by atoms with Crippen LogP contribution in [-0.4, -0.2) is 16.1 Å². The predicted octanol–water partition coefficient (Wildman–Crippen LogP) is 12.7. The van der Waals surface area contributed by atoms with Crippen molar-refractivity contribution < 1.29 is 4.74 Å². The lowest BCUT2D eigenvalue weighted by atomic mass is 9.72. The molecule has 6 aliphatic rings. The van der Waals surface area contributed by atoms with Crippen LogP contribution in [0.4, 0.5) is 0 Å². The highest BCUT2D eigenvalue weighted by Gasteiger charge is 2.44. The Bertz CT molecular complexity index is 2690. The van der Waals surface area contributed by atoms with Crippen LogP contribution in [0.2, 0.25) is 0 Å². The van der Waals surface area contributed by atoms with Gasteiger partial charge in [0.2, 0.25) is 0 Å². The van der Waals surface area contributed by atoms with Crippen LogP contribution in [-0.2, 0) is 0 Å². The van der Waals surface area contributed by atoms with Gasteiger partial charge >= 0.3 is 0 Å². The Morgan fingerprint density at radius 2 is 1.50 bits per heavy atom. The largest absolute Gasteiger partial charge is 0.489 e. The number of nitrogens with zero attached hydrogens (tertiary/aromatic N) is 2. The first kappa shape index (κ1) is 30.9. The molecule has 12 rings (SSSR count). The van der Waals surface area contributed by atoms with E-state index < -0.39 is 0 Å². The van der Waals surface area contributed by atoms with Gasteiger partial charge in [-0.15, -0.1) is 0 Å². The van der Waals surface area contributed by atoms with E-state index in [-0.39, 0.29) is 6.10 Å². The summed E-state index contributed by atoms with van der Waals surface area (Å²) >= 11 is 0. The van der Waals surface area contributed by atoms with E-state index in [1.54, 1.807) is 16.7 Å². The van der Waals surface area contributed by atoms with Crippen LogP contribution in [0, 0.1) is 5.92 Å². The fraction of sp³-hybridized carbons (Fsp3) is 0.255. The number of hydrogen-bond acceptors (Lipinski definition) is 3. The van der Waals surface area contributed by atoms with E-state index in [2.05, 4.69) is 127 Å². The first-order chi connectivity index (χ1) is 26.8. The van der Waals surface area contributed by atoms with Gasteiger partial charge in [0.05, 0.1) is 22.9 Å². The number of aromatic nitrogens is 2. The minimum absolute atomic E-state index is 0.194. The molecule has 3 nitrogen and oxygen atoms in total. The second-order valence-corrected chi connectivity index (χ2v) is 16.5. The van der Waals surface area contributed by atoms with E-state index >= 15 is 0 Å². The van der Waals surface area contributed by atoms with Crippen LogP contribution in [0.15, 0.2) is 139 Å². The van der Waals surface area contributed by atoms with Crippen LogP contribution in [0.5, 0.6) is 5.75 Å². The molecule has 5 aliphatic carbocycles. The number of hydrogen-bond donors (Lipinski definition) is 0. The summed E-state index contributed by atoms with van der Waals surface area (Å²) in [4.78, 5) is 10.5. The van der Waals surface area contributed by atoms with Crippen LogP contribution < -0.4 is 4.74 Å². The average molecular weight is 699 g/mol. The van der Waals surface area contributed by atoms with E-state index in [1.807, 2.05) is 6.20 Å². The molecule has 5 aromatic carbocycles. The fourth-order valence-electron chi connectivity index (χ4n) is 11.4. The van der Waals surface area contributed by atoms with Crippen molar-refractivity contribution in [3.8, 4) is 5.75 Å². The molecule has 0 saturated heterocycles. The Labute approximate surface area is 316 Å². The Morgan fingerprint density at radius 3 is 2.37 bits per heavy atom. The molecule has 1 saturated carbocycles. The summed E-state index contributed by atoms with van der Waals surface area (Å²) in [6.07, 6.45) is 27.3. The Hall–Kier alpha value is -5.54. The van der Waals surface area contributed by atoms with Gasteiger partial charge in [-0.25, -0.2) is 4.98 Å². The minimum Gasteiger partial charge on any atom is -0.489 e. The average Bonchev–Trinajstić information content (AvgIpc) is 3.98. The lowest BCUT2D eigenvalue weighted by molar-refractivity contribution is 0.165. The van der Waals surface area contributed by atoms with Gasteiger partial charge in [0.15, 0.2) is 0 Å². The van der Waals surface area contributed by atoms with Crippen molar-refractivity contribution in [3.05, 3.63) is 173 Å². The maximum absolute atomic E-state index is 6.68. The summed E-state index contributed by atoms with van der Waals surface area (Å²) in [6.45, 7) is 0. The van der Waals surface area contributed by atoms with Crippen LogP contribution in [0.3, 0.4) is 0 Å². The fourth-order valence-corrected chi connectivity index (χ4v) is 11.4. The van der Waals surface area contributed by atoms with Crippen molar-refractivity contribution in [3.63, 3.8) is 0 Å². The Morgan fingerprint density at radius 1 is 0.722 bits per heavy atom. The van der Waals surface area contributed by atoms with Crippen molar-refractivity contribution in [2.24, 2.45) is 5.92 Å². The maximum atomic E-state index is 6.68. The number of allylic oxidation sites excluding steroid dienone is 8. The highest BCUT2D eigenvalue weighted by atomic mass is 16.5. The smallest absolute Gasteiger partial charge is 0.123 e. The molecule has 1 aliphatic heterocycles. The van der Waals surface area contributed by atoms with Crippen molar-refractivity contribution in [1.82, 2.24) is 9.97 Å². The summed E-state index contributed by atoms with van der Waals surface area (Å²) in [5, 5.41) is 4.82. The number of ether oxygens (including phenoxy) is 1. The van der Waals surface area contributed by atoms with Crippen molar-refractivity contribution in [2.45, 2.75) is 74.7 Å². The molecule has 1 fully saturated rings. The van der Waals surface area contributed by atoms with Gasteiger partial charge in [0.1, 0.15) is 11.9 Å². The summed E-state index contributed by atoms with van der Waals surface area (Å²) < 4.78 is 6.68. The lowest BCUT2D eigenvalue weighted by Crippen LogP contribution is -2.32. The lowest BCUT2D eigenvalue weighted by Gasteiger charge is -2.34. The number of para-hydroxylation sites is 1. The van der Waals surface area contributed by atoms with Crippen molar-refractivity contribution >= 4 is 43.7 Å². The standard InChI is InChI=1S/C51H42N2O/c1-3-17-42-39(14-1)40-15-2-4-18-43(40)50-49(42)52-29-45(53-50)33-13-8-11-31(27-33)37-25-24-36(47-34-22-23-35(28-34)48(37)47)30-10-7-12-32(26-30)38-19-9-20-44-41-16-5-6-21-46(41)54-51(38)44/h1-7,9-12,14-19,21,24-25,27,29-30,34-35,38,44,51H,8,13,20,22-23,26,28H2. The molecule has 0 amide bonds. The predicted molar refractivity (Wildman–Crippen MR) is 221 cm³/mol. The third-order valence-electron chi connectivity index (χ3n) is 13.7. The second-order valence-electron chi connectivity index (χ2n) is 16.5. The topological polar surface area (TPSA) is 35.0 Å². The molecule has 0 spiro atoms. The third kappa shape index (κ3) is 4.60. The van der Waals surface area contributed by atoms with Crippen molar-refractivity contribution in [1.29, 1.82) is 0 Å². The zero-order valence-electron chi connectivity index (χ0n) is 30.4. The van der Waals surface area contributed by atoms with E-state index in [0.717, 1.165) is 48.2 Å². The molecule has 6 unspecified atom stereocenters. The van der Waals surface area contributed by atoms with E-state index in [9.17, 15) is 0 Å². The SMILES string of the molecule is C1=CC(c2ccc(C3=CCCC(c4cnc5c6ccccc6c6ccccc6c5n4)=C3)c3c2C2CCC3C2)CC(C2C=CCC3c4ccccc4OC23)=C1. The molecule has 6 aromatic rings. The van der Waals surface area contributed by atoms with Gasteiger partial charge in [-0.2, -0.15) is 0 Å². The van der Waals surface area contributed by atoms with Crippen molar-refractivity contribution in [2.75, 3.05) is 0 Å². The van der Waals surface area contributed by atoms with E-state index in [1.165, 1.54) is 68.7 Å². The third-order valence-corrected chi connectivity index (χ3v) is 13.7. The molecule has 0 N–H and O–H groups in total. The van der Waals surface area contributed by atoms with Gasteiger partial charge < -0.3 is 4.74 Å². The summed E-state index contributed by atoms with van der Waals surface area (Å²) in [5.41, 5.74) is 14.9. The van der Waals surface area contributed by atoms with Gasteiger partial charge in [-0.3, -0.25) is 4.98 Å². The van der Waals surface area contributed by atoms with Gasteiger partial charge in [0.25, 0.3) is 0 Å². The monoisotopic (exact) mass is 698 g/mol. The summed E-state index contributed by atoms with van der Waals surface area (Å²) in [6, 6.07) is 31.0. The molecule has 2 heterocycles. The van der Waals surface area contributed by atoms with E-state index in [4.69, 9.17) is 14.7 Å². The quantitative estimate of drug-likeness (QED) is 0.136. The first-order valence-electron chi connectivity index (χ1n) is 20.2. The van der Waals surface area contributed by atoms with E-state index in [0.29, 0.717) is 29.6 Å². The highest BCUT2D eigenvalue weighted by Crippen LogP contribution is 2.58. The van der Waals surface area contributed by atoms with Gasteiger partial charge in [-0.05, 0) is 113 Å². The zero-order valence-corrected chi connectivity index (χ0v) is 30.4. The first-order valence-corrected chi connectivity index (χ1v) is 20.2. The highest BCUT2D eigenvalue weighted by molar-refractivity contribution is 6.23. The maximum Gasteiger partial charge on any atom is 0.123 e. The van der Waals surface area contributed by atoms with Crippen LogP contribution >= 0.6 is 0 Å². The number of fused-ring (bicyclic) bond motifs is 14. The number of benzene rings is 5. The zero-order chi connectivity index (χ0) is 35.3. The molecule has 54 heavy (non-hydrogen) atoms. The van der Waals surface area contributed by atoms with Crippen LogP contribution in [0.25, 0.3) is 43.7 Å². The molecule has 3 heteroatoms. The Balaban J connectivity index is 0.889. The van der Waals surface area contributed by atoms with Gasteiger partial charge in [-0.1, -0.05) is 121 Å². The molecule has 2 bridgehead atoms. The van der Waals surface area contributed by atoms with Crippen LogP contribution in [0.1, 0.15) is 102 Å². The normalized spacial score (nSPS) is 26.3. The second kappa shape index (κ2) is 12.0.